The molecule has 21 heavy (non-hydrogen) atoms. The lowest BCUT2D eigenvalue weighted by Crippen LogP contribution is -2.13. The van der Waals surface area contributed by atoms with Gasteiger partial charge in [0.05, 0.1) is 0 Å². The summed E-state index contributed by atoms with van der Waals surface area (Å²) in [6.45, 7) is 4.10. The zero-order valence-electron chi connectivity index (χ0n) is 11.6. The van der Waals surface area contributed by atoms with Crippen LogP contribution in [0, 0.1) is 0 Å². The van der Waals surface area contributed by atoms with Gasteiger partial charge in [0.1, 0.15) is 12.4 Å². The van der Waals surface area contributed by atoms with Crippen molar-refractivity contribution >= 4 is 39.1 Å². The van der Waals surface area contributed by atoms with Crippen molar-refractivity contribution in [2.75, 3.05) is 6.54 Å². The number of rotatable bonds is 6. The highest BCUT2D eigenvalue weighted by molar-refractivity contribution is 9.10. The van der Waals surface area contributed by atoms with E-state index in [0.29, 0.717) is 16.7 Å². The zero-order valence-corrected chi connectivity index (χ0v) is 14.7. The minimum absolute atomic E-state index is 0.423. The molecule has 0 unspecified atom stereocenters. The summed E-state index contributed by atoms with van der Waals surface area (Å²) in [5.74, 6) is 0.819. The fourth-order valence-electron chi connectivity index (χ4n) is 1.88. The molecule has 112 valence electrons. The van der Waals surface area contributed by atoms with E-state index in [-0.39, 0.29) is 0 Å². The van der Waals surface area contributed by atoms with Gasteiger partial charge in [-0.1, -0.05) is 52.1 Å². The van der Waals surface area contributed by atoms with Gasteiger partial charge in [-0.15, -0.1) is 0 Å². The fourth-order valence-corrected chi connectivity index (χ4v) is 2.80. The largest absolute Gasteiger partial charge is 0.489 e. The van der Waals surface area contributed by atoms with Crippen molar-refractivity contribution in [3.05, 3.63) is 62.0 Å². The van der Waals surface area contributed by atoms with E-state index < -0.39 is 0 Å². The highest BCUT2D eigenvalue weighted by Crippen LogP contribution is 2.26. The summed E-state index contributed by atoms with van der Waals surface area (Å²) in [6, 6.07) is 11.4. The first-order chi connectivity index (χ1) is 10.1. The predicted molar refractivity (Wildman–Crippen MR) is 92.3 cm³/mol. The smallest absolute Gasteiger partial charge is 0.124 e. The molecule has 2 rings (SSSR count). The van der Waals surface area contributed by atoms with Crippen LogP contribution in [0.2, 0.25) is 10.0 Å². The van der Waals surface area contributed by atoms with E-state index in [1.807, 2.05) is 36.4 Å². The van der Waals surface area contributed by atoms with Crippen molar-refractivity contribution in [1.82, 2.24) is 5.32 Å². The maximum atomic E-state index is 6.20. The zero-order chi connectivity index (χ0) is 15.2. The molecule has 2 nitrogen and oxygen atoms in total. The van der Waals surface area contributed by atoms with E-state index in [2.05, 4.69) is 28.2 Å². The lowest BCUT2D eigenvalue weighted by atomic mass is 10.2. The molecule has 0 saturated heterocycles. The van der Waals surface area contributed by atoms with E-state index in [1.54, 1.807) is 0 Å². The SMILES string of the molecule is CCNCc1cc(Cl)ccc1OCc1ccc(Br)cc1Cl. The molecule has 0 radical (unpaired) electrons. The summed E-state index contributed by atoms with van der Waals surface area (Å²) >= 11 is 15.6. The van der Waals surface area contributed by atoms with Crippen molar-refractivity contribution in [2.45, 2.75) is 20.1 Å². The van der Waals surface area contributed by atoms with Crippen LogP contribution in [0.15, 0.2) is 40.9 Å². The predicted octanol–water partition coefficient (Wildman–Crippen LogP) is 5.44. The monoisotopic (exact) mass is 387 g/mol. The quantitative estimate of drug-likeness (QED) is 0.710. The van der Waals surface area contributed by atoms with Crippen LogP contribution in [0.1, 0.15) is 18.1 Å². The molecule has 0 aliphatic carbocycles. The average molecular weight is 389 g/mol. The van der Waals surface area contributed by atoms with Crippen LogP contribution in [0.3, 0.4) is 0 Å². The molecule has 2 aromatic carbocycles. The number of hydrogen-bond acceptors (Lipinski definition) is 2. The van der Waals surface area contributed by atoms with Crippen molar-refractivity contribution in [3.8, 4) is 5.75 Å². The molecule has 0 aliphatic heterocycles. The van der Waals surface area contributed by atoms with Crippen molar-refractivity contribution < 1.29 is 4.74 Å². The Labute approximate surface area is 143 Å². The first kappa shape index (κ1) is 16.6. The van der Waals surface area contributed by atoms with Crippen LogP contribution < -0.4 is 10.1 Å². The van der Waals surface area contributed by atoms with Gasteiger partial charge < -0.3 is 10.1 Å². The van der Waals surface area contributed by atoms with E-state index in [1.165, 1.54) is 0 Å². The average Bonchev–Trinajstić information content (AvgIpc) is 2.45. The van der Waals surface area contributed by atoms with Crippen LogP contribution in [0.4, 0.5) is 0 Å². The summed E-state index contributed by atoms with van der Waals surface area (Å²) in [5.41, 5.74) is 1.99. The standard InChI is InChI=1S/C16H16BrCl2NO/c1-2-20-9-12-7-14(18)5-6-16(12)21-10-11-3-4-13(17)8-15(11)19/h3-8,20H,2,9-10H2,1H3. The van der Waals surface area contributed by atoms with Crippen LogP contribution in [-0.2, 0) is 13.2 Å². The van der Waals surface area contributed by atoms with Gasteiger partial charge in [0.25, 0.3) is 0 Å². The van der Waals surface area contributed by atoms with Gasteiger partial charge in [0.15, 0.2) is 0 Å². The van der Waals surface area contributed by atoms with Crippen LogP contribution in [-0.4, -0.2) is 6.54 Å². The summed E-state index contributed by atoms with van der Waals surface area (Å²) in [6.07, 6.45) is 0. The van der Waals surface area contributed by atoms with Crippen molar-refractivity contribution in [2.24, 2.45) is 0 Å². The number of benzene rings is 2. The molecular weight excluding hydrogens is 373 g/mol. The van der Waals surface area contributed by atoms with E-state index >= 15 is 0 Å². The van der Waals surface area contributed by atoms with Crippen LogP contribution in [0.25, 0.3) is 0 Å². The summed E-state index contributed by atoms with van der Waals surface area (Å²) in [5, 5.41) is 4.67. The molecule has 0 aliphatic rings. The molecule has 0 amide bonds. The molecule has 0 atom stereocenters. The Kier molecular flexibility index (Phi) is 6.37. The van der Waals surface area contributed by atoms with Crippen LogP contribution in [0.5, 0.6) is 5.75 Å². The molecule has 0 spiro atoms. The number of ether oxygens (including phenoxy) is 1. The molecule has 1 N–H and O–H groups in total. The van der Waals surface area contributed by atoms with Crippen molar-refractivity contribution in [3.63, 3.8) is 0 Å². The number of hydrogen-bond donors (Lipinski definition) is 1. The fraction of sp³-hybridized carbons (Fsp3) is 0.250. The highest BCUT2D eigenvalue weighted by Gasteiger charge is 2.07. The van der Waals surface area contributed by atoms with Gasteiger partial charge in [-0.05, 0) is 36.9 Å². The highest BCUT2D eigenvalue weighted by atomic mass is 79.9. The lowest BCUT2D eigenvalue weighted by molar-refractivity contribution is 0.302. The Bertz CT molecular complexity index is 619. The molecule has 0 saturated carbocycles. The number of nitrogens with one attached hydrogen (secondary N) is 1. The first-order valence-electron chi connectivity index (χ1n) is 6.66. The maximum absolute atomic E-state index is 6.20. The van der Waals surface area contributed by atoms with Gasteiger partial charge in [0.2, 0.25) is 0 Å². The van der Waals surface area contributed by atoms with Crippen molar-refractivity contribution in [1.29, 1.82) is 0 Å². The summed E-state index contributed by atoms with van der Waals surface area (Å²) in [7, 11) is 0. The van der Waals surface area contributed by atoms with Gasteiger partial charge in [-0.2, -0.15) is 0 Å². The molecule has 0 bridgehead atoms. The second-order valence-electron chi connectivity index (χ2n) is 4.56. The Morgan fingerprint density at radius 3 is 2.62 bits per heavy atom. The molecule has 0 aromatic heterocycles. The van der Waals surface area contributed by atoms with E-state index in [0.717, 1.165) is 34.4 Å². The third-order valence-corrected chi connectivity index (χ3v) is 4.07. The Hall–Kier alpha value is -0.740. The maximum Gasteiger partial charge on any atom is 0.124 e. The second kappa shape index (κ2) is 8.04. The summed E-state index contributed by atoms with van der Waals surface area (Å²) < 4.78 is 6.85. The second-order valence-corrected chi connectivity index (χ2v) is 6.32. The normalized spacial score (nSPS) is 10.7. The molecule has 0 fully saturated rings. The Morgan fingerprint density at radius 1 is 1.10 bits per heavy atom. The Morgan fingerprint density at radius 2 is 1.90 bits per heavy atom. The Balaban J connectivity index is 2.11. The topological polar surface area (TPSA) is 21.3 Å². The third-order valence-electron chi connectivity index (χ3n) is 2.99. The number of halogens is 3. The van der Waals surface area contributed by atoms with E-state index in [9.17, 15) is 0 Å². The minimum Gasteiger partial charge on any atom is -0.489 e. The molecular formula is C16H16BrCl2NO. The third kappa shape index (κ3) is 4.89. The molecule has 5 heteroatoms. The molecule has 0 heterocycles. The summed E-state index contributed by atoms with van der Waals surface area (Å²) in [4.78, 5) is 0. The van der Waals surface area contributed by atoms with Gasteiger partial charge in [0, 0.05) is 32.2 Å². The minimum atomic E-state index is 0.423. The van der Waals surface area contributed by atoms with Gasteiger partial charge in [-0.3, -0.25) is 0 Å². The first-order valence-corrected chi connectivity index (χ1v) is 8.21. The van der Waals surface area contributed by atoms with Gasteiger partial charge >= 0.3 is 0 Å². The van der Waals surface area contributed by atoms with Gasteiger partial charge in [-0.25, -0.2) is 0 Å². The van der Waals surface area contributed by atoms with E-state index in [4.69, 9.17) is 27.9 Å². The lowest BCUT2D eigenvalue weighted by Gasteiger charge is -2.13. The molecule has 2 aromatic rings. The van der Waals surface area contributed by atoms with Crippen LogP contribution >= 0.6 is 39.1 Å².